The number of rotatable bonds is 4. The molecule has 1 heterocycles. The van der Waals surface area contributed by atoms with Crippen LogP contribution in [0.25, 0.3) is 0 Å². The van der Waals surface area contributed by atoms with E-state index in [9.17, 15) is 4.79 Å². The van der Waals surface area contributed by atoms with E-state index in [-0.39, 0.29) is 6.03 Å². The zero-order valence-corrected chi connectivity index (χ0v) is 9.24. The van der Waals surface area contributed by atoms with Crippen molar-refractivity contribution >= 4 is 34.3 Å². The van der Waals surface area contributed by atoms with Crippen molar-refractivity contribution in [3.8, 4) is 0 Å². The highest BCUT2D eigenvalue weighted by molar-refractivity contribution is 8.01. The minimum absolute atomic E-state index is 0.290. The molecule has 7 heteroatoms. The summed E-state index contributed by atoms with van der Waals surface area (Å²) in [5, 5.41) is 13.2. The molecular weight excluding hydrogens is 220 g/mol. The van der Waals surface area contributed by atoms with Gasteiger partial charge in [-0.05, 0) is 0 Å². The fourth-order valence-corrected chi connectivity index (χ4v) is 2.12. The van der Waals surface area contributed by atoms with E-state index in [2.05, 4.69) is 27.4 Å². The lowest BCUT2D eigenvalue weighted by Gasteiger charge is -1.96. The van der Waals surface area contributed by atoms with Crippen molar-refractivity contribution in [2.75, 3.05) is 18.1 Å². The number of hydrogen-bond donors (Lipinski definition) is 2. The van der Waals surface area contributed by atoms with E-state index in [0.717, 1.165) is 10.1 Å². The van der Waals surface area contributed by atoms with Crippen LogP contribution in [-0.2, 0) is 0 Å². The number of carbonyl (C=O) groups excluding carboxylic acids is 1. The molecule has 0 spiro atoms. The normalized spacial score (nSPS) is 9.50. The van der Waals surface area contributed by atoms with E-state index in [1.807, 2.05) is 0 Å². The topological polar surface area (TPSA) is 66.9 Å². The second kappa shape index (κ2) is 5.61. The standard InChI is InChI=1S/C7H10N4OS2/c1-3-4-13-7-11-10-6(14-7)9-5(12)8-2/h3H,1,4H2,2H3,(H2,8,9,10,12). The van der Waals surface area contributed by atoms with Crippen molar-refractivity contribution in [2.45, 2.75) is 4.34 Å². The molecule has 0 aromatic carbocycles. The number of anilines is 1. The van der Waals surface area contributed by atoms with Crippen LogP contribution in [0.2, 0.25) is 0 Å². The van der Waals surface area contributed by atoms with Crippen molar-refractivity contribution in [2.24, 2.45) is 0 Å². The van der Waals surface area contributed by atoms with Crippen LogP contribution < -0.4 is 10.6 Å². The second-order valence-corrected chi connectivity index (χ2v) is 4.42. The Hall–Kier alpha value is -1.08. The molecule has 14 heavy (non-hydrogen) atoms. The molecule has 1 aromatic rings. The summed E-state index contributed by atoms with van der Waals surface area (Å²) in [6.45, 7) is 3.60. The zero-order chi connectivity index (χ0) is 10.4. The molecular formula is C7H10N4OS2. The first-order chi connectivity index (χ1) is 6.76. The molecule has 0 saturated heterocycles. The fraction of sp³-hybridized carbons (Fsp3) is 0.286. The lowest BCUT2D eigenvalue weighted by molar-refractivity contribution is 0.254. The van der Waals surface area contributed by atoms with Gasteiger partial charge in [0.1, 0.15) is 0 Å². The van der Waals surface area contributed by atoms with E-state index in [4.69, 9.17) is 0 Å². The minimum atomic E-state index is -0.290. The third kappa shape index (κ3) is 3.35. The van der Waals surface area contributed by atoms with Gasteiger partial charge in [0, 0.05) is 12.8 Å². The third-order valence-electron chi connectivity index (χ3n) is 1.18. The molecule has 0 aliphatic heterocycles. The van der Waals surface area contributed by atoms with Gasteiger partial charge in [0.05, 0.1) is 0 Å². The Morgan fingerprint density at radius 2 is 2.50 bits per heavy atom. The van der Waals surface area contributed by atoms with Crippen molar-refractivity contribution in [1.82, 2.24) is 15.5 Å². The van der Waals surface area contributed by atoms with E-state index in [1.54, 1.807) is 13.1 Å². The minimum Gasteiger partial charge on any atom is -0.341 e. The number of thioether (sulfide) groups is 1. The monoisotopic (exact) mass is 230 g/mol. The molecule has 5 nitrogen and oxygen atoms in total. The largest absolute Gasteiger partial charge is 0.341 e. The molecule has 2 N–H and O–H groups in total. The van der Waals surface area contributed by atoms with Gasteiger partial charge in [0.15, 0.2) is 4.34 Å². The van der Waals surface area contributed by atoms with Crippen molar-refractivity contribution in [3.05, 3.63) is 12.7 Å². The smallest absolute Gasteiger partial charge is 0.320 e. The summed E-state index contributed by atoms with van der Waals surface area (Å²) in [7, 11) is 1.55. The number of nitrogens with one attached hydrogen (secondary N) is 2. The first-order valence-corrected chi connectivity index (χ1v) is 5.62. The van der Waals surface area contributed by atoms with Gasteiger partial charge in [0.2, 0.25) is 5.13 Å². The number of urea groups is 1. The predicted octanol–water partition coefficient (Wildman–Crippen LogP) is 1.57. The Balaban J connectivity index is 2.50. The highest BCUT2D eigenvalue weighted by Gasteiger charge is 2.05. The van der Waals surface area contributed by atoms with Crippen LogP contribution in [0.1, 0.15) is 0 Å². The van der Waals surface area contributed by atoms with E-state index < -0.39 is 0 Å². The Morgan fingerprint density at radius 1 is 1.71 bits per heavy atom. The Kier molecular flexibility index (Phi) is 4.41. The van der Waals surface area contributed by atoms with Crippen LogP contribution in [-0.4, -0.2) is 29.0 Å². The highest BCUT2D eigenvalue weighted by Crippen LogP contribution is 2.24. The van der Waals surface area contributed by atoms with Crippen LogP contribution >= 0.6 is 23.1 Å². The summed E-state index contributed by atoms with van der Waals surface area (Å²) in [5.74, 6) is 0.786. The van der Waals surface area contributed by atoms with Gasteiger partial charge in [-0.3, -0.25) is 5.32 Å². The van der Waals surface area contributed by atoms with Gasteiger partial charge < -0.3 is 5.32 Å². The van der Waals surface area contributed by atoms with E-state index in [1.165, 1.54) is 23.1 Å². The first-order valence-electron chi connectivity index (χ1n) is 3.82. The Bertz CT molecular complexity index is 325. The average Bonchev–Trinajstić information content (AvgIpc) is 2.62. The number of nitrogens with zero attached hydrogens (tertiary/aromatic N) is 2. The molecule has 1 aromatic heterocycles. The highest BCUT2D eigenvalue weighted by atomic mass is 32.2. The molecule has 2 amide bonds. The van der Waals surface area contributed by atoms with Crippen LogP contribution in [0, 0.1) is 0 Å². The Labute approximate surface area is 90.0 Å². The van der Waals surface area contributed by atoms with Gasteiger partial charge in [-0.25, -0.2) is 4.79 Å². The molecule has 0 radical (unpaired) electrons. The summed E-state index contributed by atoms with van der Waals surface area (Å²) >= 11 is 2.87. The molecule has 0 fully saturated rings. The summed E-state index contributed by atoms with van der Waals surface area (Å²) < 4.78 is 0.816. The number of carbonyl (C=O) groups is 1. The number of amides is 2. The molecule has 0 atom stereocenters. The summed E-state index contributed by atoms with van der Waals surface area (Å²) in [5.41, 5.74) is 0. The maximum Gasteiger partial charge on any atom is 0.320 e. The van der Waals surface area contributed by atoms with Gasteiger partial charge >= 0.3 is 6.03 Å². The van der Waals surface area contributed by atoms with Gasteiger partial charge in [0.25, 0.3) is 0 Å². The quantitative estimate of drug-likeness (QED) is 0.468. The van der Waals surface area contributed by atoms with Crippen molar-refractivity contribution in [1.29, 1.82) is 0 Å². The summed E-state index contributed by atoms with van der Waals surface area (Å²) in [4.78, 5) is 10.9. The van der Waals surface area contributed by atoms with Crippen molar-refractivity contribution in [3.63, 3.8) is 0 Å². The molecule has 0 aliphatic carbocycles. The van der Waals surface area contributed by atoms with E-state index in [0.29, 0.717) is 5.13 Å². The molecule has 76 valence electrons. The van der Waals surface area contributed by atoms with Crippen LogP contribution in [0.15, 0.2) is 17.0 Å². The van der Waals surface area contributed by atoms with Gasteiger partial charge in [-0.1, -0.05) is 29.2 Å². The molecule has 0 unspecified atom stereocenters. The van der Waals surface area contributed by atoms with Crippen LogP contribution in [0.3, 0.4) is 0 Å². The van der Waals surface area contributed by atoms with Crippen molar-refractivity contribution < 1.29 is 4.79 Å². The lowest BCUT2D eigenvalue weighted by Crippen LogP contribution is -2.24. The maximum atomic E-state index is 10.9. The SMILES string of the molecule is C=CCSc1nnc(NC(=O)NC)s1. The molecule has 0 aliphatic rings. The Morgan fingerprint density at radius 3 is 3.14 bits per heavy atom. The van der Waals surface area contributed by atoms with Gasteiger partial charge in [-0.2, -0.15) is 0 Å². The molecule has 1 rings (SSSR count). The number of hydrogen-bond acceptors (Lipinski definition) is 5. The zero-order valence-electron chi connectivity index (χ0n) is 7.61. The maximum absolute atomic E-state index is 10.9. The third-order valence-corrected chi connectivity index (χ3v) is 3.15. The van der Waals surface area contributed by atoms with Crippen LogP contribution in [0.4, 0.5) is 9.93 Å². The summed E-state index contributed by atoms with van der Waals surface area (Å²) in [6, 6.07) is -0.290. The molecule has 0 saturated carbocycles. The summed E-state index contributed by atoms with van der Waals surface area (Å²) in [6.07, 6.45) is 1.79. The fourth-order valence-electron chi connectivity index (χ4n) is 0.608. The number of aromatic nitrogens is 2. The lowest BCUT2D eigenvalue weighted by atomic mass is 10.8. The second-order valence-electron chi connectivity index (χ2n) is 2.18. The first kappa shape index (κ1) is 11.0. The van der Waals surface area contributed by atoms with Crippen LogP contribution in [0.5, 0.6) is 0 Å². The van der Waals surface area contributed by atoms with E-state index >= 15 is 0 Å². The molecule has 0 bridgehead atoms. The predicted molar refractivity (Wildman–Crippen MR) is 58.9 cm³/mol. The average molecular weight is 230 g/mol. The van der Waals surface area contributed by atoms with Gasteiger partial charge in [-0.15, -0.1) is 16.8 Å².